The van der Waals surface area contributed by atoms with Crippen LogP contribution in [0.4, 0.5) is 0 Å². The molecule has 2 heterocycles. The lowest BCUT2D eigenvalue weighted by molar-refractivity contribution is 0.670. The number of nitrogens with zero attached hydrogens (tertiary/aromatic N) is 2. The zero-order valence-corrected chi connectivity index (χ0v) is 24.2. The molecular weight excluding hydrogens is 572 g/mol. The highest BCUT2D eigenvalue weighted by atomic mass is 16.3. The Bertz CT molecular complexity index is 3410. The van der Waals surface area contributed by atoms with Crippen LogP contribution in [0, 0.1) is 0 Å². The van der Waals surface area contributed by atoms with E-state index in [4.69, 9.17) is 29.5 Å². The van der Waals surface area contributed by atoms with E-state index >= 15 is 0 Å². The SMILES string of the molecule is [2H]c1c([2H])c([2H])c(-c2c([2H])c([2H])c(-c3c([2H])c([2H])c(-c4nc(-c5ccccc5)cc(-c5ccccc5)n4)c4oc5c([2H])c6c([2H])c([2H])c([2H])c([2H])c6c([2H])c5c34)c([2H])c2[2H])c([2H])c1[2H]. The summed E-state index contributed by atoms with van der Waals surface area (Å²) in [6.07, 6.45) is 0. The van der Waals surface area contributed by atoms with E-state index in [1.807, 2.05) is 12.1 Å². The van der Waals surface area contributed by atoms with E-state index in [2.05, 4.69) is 0 Å². The maximum absolute atomic E-state index is 9.65. The second-order valence-electron chi connectivity index (χ2n) is 10.5. The van der Waals surface area contributed by atoms with Gasteiger partial charge in [0.1, 0.15) is 11.2 Å². The van der Waals surface area contributed by atoms with Crippen LogP contribution in [0.15, 0.2) is 174 Å². The molecule has 0 bridgehead atoms. The maximum atomic E-state index is 9.65. The van der Waals surface area contributed by atoms with Crippen molar-refractivity contribution in [1.29, 1.82) is 0 Å². The van der Waals surface area contributed by atoms with Gasteiger partial charge in [-0.2, -0.15) is 0 Å². The Morgan fingerprint density at radius 2 is 1.04 bits per heavy atom. The van der Waals surface area contributed by atoms with Gasteiger partial charge in [-0.25, -0.2) is 9.97 Å². The van der Waals surface area contributed by atoms with E-state index < -0.39 is 131 Å². The van der Waals surface area contributed by atoms with Crippen molar-refractivity contribution >= 4 is 32.7 Å². The summed E-state index contributed by atoms with van der Waals surface area (Å²) in [6.45, 7) is 0. The highest BCUT2D eigenvalue weighted by molar-refractivity contribution is 6.18. The van der Waals surface area contributed by atoms with Crippen LogP contribution >= 0.6 is 0 Å². The van der Waals surface area contributed by atoms with E-state index in [1.165, 1.54) is 0 Å². The zero-order valence-electron chi connectivity index (χ0n) is 41.2. The van der Waals surface area contributed by atoms with E-state index in [1.54, 1.807) is 54.6 Å². The monoisotopic (exact) mass is 617 g/mol. The third-order valence-corrected chi connectivity index (χ3v) is 7.59. The van der Waals surface area contributed by atoms with Gasteiger partial charge in [-0.1, -0.05) is 145 Å². The molecule has 0 spiro atoms. The average molecular weight is 618 g/mol. The van der Waals surface area contributed by atoms with Gasteiger partial charge in [0.2, 0.25) is 0 Å². The molecule has 47 heavy (non-hydrogen) atoms. The van der Waals surface area contributed by atoms with Crippen molar-refractivity contribution in [3.05, 3.63) is 169 Å². The van der Waals surface area contributed by atoms with Crippen LogP contribution < -0.4 is 0 Å². The van der Waals surface area contributed by atoms with Crippen molar-refractivity contribution in [2.24, 2.45) is 0 Å². The molecule has 220 valence electrons. The topological polar surface area (TPSA) is 38.9 Å². The molecule has 0 unspecified atom stereocenters. The summed E-state index contributed by atoms with van der Waals surface area (Å²) in [6, 6.07) is 7.27. The van der Waals surface area contributed by atoms with E-state index in [9.17, 15) is 8.22 Å². The minimum atomic E-state index is -0.858. The Kier molecular flexibility index (Phi) is 3.55. The third kappa shape index (κ3) is 4.86. The molecule has 3 heteroatoms. The predicted octanol–water partition coefficient (Wildman–Crippen LogP) is 11.9. The molecule has 2 aromatic heterocycles. The number of aromatic nitrogens is 2. The molecule has 3 nitrogen and oxygen atoms in total. The van der Waals surface area contributed by atoms with Crippen LogP contribution in [0.5, 0.6) is 0 Å². The van der Waals surface area contributed by atoms with Crippen molar-refractivity contribution in [2.75, 3.05) is 0 Å². The largest absolute Gasteiger partial charge is 0.455 e. The first-order chi connectivity index (χ1) is 30.4. The molecule has 9 aromatic rings. The van der Waals surface area contributed by atoms with E-state index in [-0.39, 0.29) is 38.5 Å². The Morgan fingerprint density at radius 1 is 0.489 bits per heavy atom. The third-order valence-electron chi connectivity index (χ3n) is 7.59. The number of hydrogen-bond acceptors (Lipinski definition) is 3. The fraction of sp³-hybridized carbons (Fsp3) is 0. The van der Waals surface area contributed by atoms with Crippen LogP contribution in [-0.2, 0) is 0 Å². The molecule has 0 saturated heterocycles. The van der Waals surface area contributed by atoms with Gasteiger partial charge in [0.15, 0.2) is 5.82 Å². The van der Waals surface area contributed by atoms with Gasteiger partial charge in [0.25, 0.3) is 0 Å². The zero-order chi connectivity index (χ0) is 46.0. The van der Waals surface area contributed by atoms with Crippen molar-refractivity contribution in [1.82, 2.24) is 9.97 Å². The first-order valence-corrected chi connectivity index (χ1v) is 14.5. The molecular formula is C44H28N2O. The molecule has 0 saturated carbocycles. The van der Waals surface area contributed by atoms with Gasteiger partial charge in [-0.15, -0.1) is 0 Å². The lowest BCUT2D eigenvalue weighted by Gasteiger charge is -2.11. The quantitative estimate of drug-likeness (QED) is 0.193. The minimum absolute atomic E-state index is 0.155. The molecule has 0 aliphatic heterocycles. The fourth-order valence-electron chi connectivity index (χ4n) is 5.39. The first kappa shape index (κ1) is 14.8. The van der Waals surface area contributed by atoms with Crippen LogP contribution in [-0.4, -0.2) is 9.97 Å². The number of furan rings is 1. The fourth-order valence-corrected chi connectivity index (χ4v) is 5.39. The smallest absolute Gasteiger partial charge is 0.164 e. The lowest BCUT2D eigenvalue weighted by Crippen LogP contribution is -1.96. The number of benzene rings is 7. The molecule has 0 amide bonds. The van der Waals surface area contributed by atoms with Crippen molar-refractivity contribution in [3.63, 3.8) is 0 Å². The molecule has 0 fully saturated rings. The van der Waals surface area contributed by atoms with Gasteiger partial charge in [0.05, 0.1) is 40.3 Å². The molecule has 0 aliphatic rings. The van der Waals surface area contributed by atoms with Crippen molar-refractivity contribution in [3.8, 4) is 56.2 Å². The van der Waals surface area contributed by atoms with Crippen molar-refractivity contribution in [2.45, 2.75) is 0 Å². The molecule has 7 aromatic carbocycles. The molecule has 9 rings (SSSR count). The van der Waals surface area contributed by atoms with Crippen molar-refractivity contribution < 1.29 is 27.7 Å². The van der Waals surface area contributed by atoms with Gasteiger partial charge in [0, 0.05) is 21.9 Å². The second kappa shape index (κ2) is 11.2. The van der Waals surface area contributed by atoms with Gasteiger partial charge in [-0.3, -0.25) is 0 Å². The standard InChI is InChI=1S/C44H28N2O/c1-4-12-29(13-5-1)30-20-22-31(23-21-30)36-24-25-37(43-42(36)38-26-34-18-10-11-19-35(34)27-41(38)47-43)44-45-39(32-14-6-2-7-15-32)28-40(46-44)33-16-8-3-9-17-33/h1-28H/i1D,4D,5D,10D,11D,12D,13D,18D,19D,20D,21D,22D,23D,24D,25D,26D,27D. The minimum Gasteiger partial charge on any atom is -0.455 e. The average Bonchev–Trinajstić information content (AvgIpc) is 3.70. The number of hydrogen-bond donors (Lipinski definition) is 0. The number of rotatable bonds is 5. The molecule has 0 N–H and O–H groups in total. The highest BCUT2D eigenvalue weighted by Gasteiger charge is 2.21. The Hall–Kier alpha value is -6.32. The summed E-state index contributed by atoms with van der Waals surface area (Å²) in [5.74, 6) is -0.155. The second-order valence-corrected chi connectivity index (χ2v) is 10.5. The lowest BCUT2D eigenvalue weighted by atomic mass is 9.94. The highest BCUT2D eigenvalue weighted by Crippen LogP contribution is 2.43. The Labute approximate surface area is 296 Å². The number of fused-ring (bicyclic) bond motifs is 4. The summed E-state index contributed by atoms with van der Waals surface area (Å²) in [5.41, 5.74) is -1.22. The normalized spacial score (nSPS) is 16.5. The van der Waals surface area contributed by atoms with Gasteiger partial charge in [-0.05, 0) is 57.2 Å². The summed E-state index contributed by atoms with van der Waals surface area (Å²) in [7, 11) is 0. The summed E-state index contributed by atoms with van der Waals surface area (Å²) in [5, 5.41) is -1.34. The molecule has 0 atom stereocenters. The molecule has 0 aliphatic carbocycles. The van der Waals surface area contributed by atoms with Crippen LogP contribution in [0.1, 0.15) is 23.3 Å². The summed E-state index contributed by atoms with van der Waals surface area (Å²) in [4.78, 5) is 9.66. The Balaban J connectivity index is 1.49. The molecule has 0 radical (unpaired) electrons. The first-order valence-electron chi connectivity index (χ1n) is 23.0. The summed E-state index contributed by atoms with van der Waals surface area (Å²) >= 11 is 0. The van der Waals surface area contributed by atoms with Crippen LogP contribution in [0.2, 0.25) is 0 Å². The Morgan fingerprint density at radius 3 is 1.70 bits per heavy atom. The van der Waals surface area contributed by atoms with Crippen LogP contribution in [0.25, 0.3) is 88.9 Å². The van der Waals surface area contributed by atoms with E-state index in [0.29, 0.717) is 22.5 Å². The van der Waals surface area contributed by atoms with Crippen LogP contribution in [0.3, 0.4) is 0 Å². The predicted molar refractivity (Wildman–Crippen MR) is 194 cm³/mol. The summed E-state index contributed by atoms with van der Waals surface area (Å²) < 4.78 is 157. The van der Waals surface area contributed by atoms with E-state index in [0.717, 1.165) is 0 Å². The van der Waals surface area contributed by atoms with Gasteiger partial charge < -0.3 is 4.42 Å². The maximum Gasteiger partial charge on any atom is 0.164 e. The van der Waals surface area contributed by atoms with Gasteiger partial charge >= 0.3 is 0 Å².